The zero-order chi connectivity index (χ0) is 24.6. The van der Waals surface area contributed by atoms with E-state index in [0.29, 0.717) is 12.2 Å². The lowest BCUT2D eigenvalue weighted by atomic mass is 10.1. The van der Waals surface area contributed by atoms with E-state index < -0.39 is 0 Å². The molecule has 0 unspecified atom stereocenters. The number of halogens is 1. The molecule has 178 valence electrons. The van der Waals surface area contributed by atoms with Crippen molar-refractivity contribution in [1.29, 1.82) is 0 Å². The largest absolute Gasteiger partial charge is 0.493 e. The first-order chi connectivity index (χ1) is 17.0. The molecule has 0 spiro atoms. The van der Waals surface area contributed by atoms with Crippen LogP contribution in [0.25, 0.3) is 11.3 Å². The number of rotatable bonds is 9. The molecule has 0 saturated carbocycles. The maximum absolute atomic E-state index is 12.5. The van der Waals surface area contributed by atoms with Crippen molar-refractivity contribution >= 4 is 50.2 Å². The van der Waals surface area contributed by atoms with Crippen LogP contribution in [-0.2, 0) is 0 Å². The van der Waals surface area contributed by atoms with E-state index in [0.717, 1.165) is 44.3 Å². The molecule has 0 atom stereocenters. The predicted molar refractivity (Wildman–Crippen MR) is 147 cm³/mol. The SMILES string of the molecule is CCCOc1ccc(Br)cc1/C=N\NC(=O)c1ccc(-c2csc(Nc3ccc(C)cc3)n2)cc1. The second-order valence-electron chi connectivity index (χ2n) is 7.84. The number of hydrogen-bond donors (Lipinski definition) is 2. The van der Waals surface area contributed by atoms with Gasteiger partial charge in [0.05, 0.1) is 18.5 Å². The van der Waals surface area contributed by atoms with Crippen molar-refractivity contribution < 1.29 is 9.53 Å². The number of carbonyl (C=O) groups is 1. The number of carbonyl (C=O) groups excluding carboxylic acids is 1. The van der Waals surface area contributed by atoms with Crippen LogP contribution >= 0.6 is 27.3 Å². The number of amides is 1. The maximum Gasteiger partial charge on any atom is 0.271 e. The Morgan fingerprint density at radius 3 is 2.63 bits per heavy atom. The second-order valence-corrected chi connectivity index (χ2v) is 9.61. The summed E-state index contributed by atoms with van der Waals surface area (Å²) in [5.74, 6) is 0.427. The maximum atomic E-state index is 12.5. The molecule has 4 aromatic rings. The standard InChI is InChI=1S/C27H25BrN4O2S/c1-3-14-34-25-13-10-22(28)15-21(25)16-29-32-26(33)20-8-6-19(7-9-20)24-17-35-27(31-24)30-23-11-4-18(2)5-12-23/h4-13,15-17H,3,14H2,1-2H3,(H,30,31)(H,32,33)/b29-16-. The molecular weight excluding hydrogens is 524 g/mol. The molecule has 0 aliphatic heterocycles. The number of nitrogens with one attached hydrogen (secondary N) is 2. The number of aromatic nitrogens is 1. The summed E-state index contributed by atoms with van der Waals surface area (Å²) in [7, 11) is 0. The average Bonchev–Trinajstić information content (AvgIpc) is 3.33. The summed E-state index contributed by atoms with van der Waals surface area (Å²) in [5, 5.41) is 10.2. The first-order valence-electron chi connectivity index (χ1n) is 11.2. The first kappa shape index (κ1) is 24.6. The van der Waals surface area contributed by atoms with Crippen LogP contribution in [0.5, 0.6) is 5.75 Å². The van der Waals surface area contributed by atoms with Crippen molar-refractivity contribution in [2.24, 2.45) is 5.10 Å². The second kappa shape index (κ2) is 11.8. The van der Waals surface area contributed by atoms with Gasteiger partial charge in [-0.15, -0.1) is 11.3 Å². The molecule has 0 aliphatic rings. The summed E-state index contributed by atoms with van der Waals surface area (Å²) in [6.07, 6.45) is 2.49. The molecule has 0 aliphatic carbocycles. The molecule has 6 nitrogen and oxygen atoms in total. The Labute approximate surface area is 217 Å². The molecule has 0 saturated heterocycles. The van der Waals surface area contributed by atoms with Crippen molar-refractivity contribution in [3.05, 3.63) is 93.3 Å². The zero-order valence-electron chi connectivity index (χ0n) is 19.4. The fourth-order valence-electron chi connectivity index (χ4n) is 3.21. The highest BCUT2D eigenvalue weighted by Crippen LogP contribution is 2.27. The molecule has 0 radical (unpaired) electrons. The number of ether oxygens (including phenoxy) is 1. The lowest BCUT2D eigenvalue weighted by Crippen LogP contribution is -2.17. The summed E-state index contributed by atoms with van der Waals surface area (Å²) in [6.45, 7) is 4.72. The van der Waals surface area contributed by atoms with E-state index in [1.165, 1.54) is 16.9 Å². The van der Waals surface area contributed by atoms with Gasteiger partial charge in [-0.05, 0) is 55.8 Å². The molecule has 35 heavy (non-hydrogen) atoms. The minimum absolute atomic E-state index is 0.293. The van der Waals surface area contributed by atoms with E-state index in [-0.39, 0.29) is 5.91 Å². The quantitative estimate of drug-likeness (QED) is 0.171. The van der Waals surface area contributed by atoms with Gasteiger partial charge < -0.3 is 10.1 Å². The first-order valence-corrected chi connectivity index (χ1v) is 12.8. The van der Waals surface area contributed by atoms with Crippen LogP contribution in [0.15, 0.2) is 81.7 Å². The minimum atomic E-state index is -0.293. The molecule has 3 aromatic carbocycles. The Bertz CT molecular complexity index is 1320. The molecule has 4 rings (SSSR count). The highest BCUT2D eigenvalue weighted by molar-refractivity contribution is 9.10. The molecule has 2 N–H and O–H groups in total. The average molecular weight is 549 g/mol. The molecular formula is C27H25BrN4O2S. The van der Waals surface area contributed by atoms with Gasteiger partial charge in [-0.3, -0.25) is 4.79 Å². The highest BCUT2D eigenvalue weighted by atomic mass is 79.9. The van der Waals surface area contributed by atoms with Gasteiger partial charge in [-0.1, -0.05) is 52.7 Å². The van der Waals surface area contributed by atoms with Gasteiger partial charge in [0.2, 0.25) is 0 Å². The topological polar surface area (TPSA) is 75.6 Å². The number of nitrogens with zero attached hydrogens (tertiary/aromatic N) is 2. The van der Waals surface area contributed by atoms with Gasteiger partial charge in [0.1, 0.15) is 5.75 Å². The van der Waals surface area contributed by atoms with Gasteiger partial charge >= 0.3 is 0 Å². The van der Waals surface area contributed by atoms with Crippen LogP contribution in [0.4, 0.5) is 10.8 Å². The number of anilines is 2. The number of benzene rings is 3. The van der Waals surface area contributed by atoms with E-state index >= 15 is 0 Å². The van der Waals surface area contributed by atoms with E-state index in [2.05, 4.69) is 55.8 Å². The number of hydrogen-bond acceptors (Lipinski definition) is 6. The number of thiazole rings is 1. The Hall–Kier alpha value is -3.49. The predicted octanol–water partition coefficient (Wildman–Crippen LogP) is 7.18. The highest BCUT2D eigenvalue weighted by Gasteiger charge is 2.09. The molecule has 1 heterocycles. The van der Waals surface area contributed by atoms with Gasteiger partial charge in [0, 0.05) is 32.2 Å². The molecule has 1 aromatic heterocycles. The summed E-state index contributed by atoms with van der Waals surface area (Å²) in [5.41, 5.74) is 7.87. The van der Waals surface area contributed by atoms with Crippen LogP contribution in [0.1, 0.15) is 34.8 Å². The van der Waals surface area contributed by atoms with Crippen molar-refractivity contribution in [2.45, 2.75) is 20.3 Å². The van der Waals surface area contributed by atoms with E-state index in [1.807, 2.05) is 54.8 Å². The van der Waals surface area contributed by atoms with Gasteiger partial charge in [-0.25, -0.2) is 10.4 Å². The van der Waals surface area contributed by atoms with Crippen molar-refractivity contribution in [3.63, 3.8) is 0 Å². The summed E-state index contributed by atoms with van der Waals surface area (Å²) >= 11 is 4.99. The smallest absolute Gasteiger partial charge is 0.271 e. The van der Waals surface area contributed by atoms with Gasteiger partial charge in [0.25, 0.3) is 5.91 Å². The Balaban J connectivity index is 1.38. The fraction of sp³-hybridized carbons (Fsp3) is 0.148. The third-order valence-electron chi connectivity index (χ3n) is 5.05. The number of aryl methyl sites for hydroxylation is 1. The molecule has 0 bridgehead atoms. The van der Waals surface area contributed by atoms with Crippen LogP contribution in [0.2, 0.25) is 0 Å². The minimum Gasteiger partial charge on any atom is -0.493 e. The summed E-state index contributed by atoms with van der Waals surface area (Å²) in [4.78, 5) is 17.2. The van der Waals surface area contributed by atoms with Crippen LogP contribution < -0.4 is 15.5 Å². The van der Waals surface area contributed by atoms with Crippen LogP contribution in [-0.4, -0.2) is 23.7 Å². The molecule has 8 heteroatoms. The van der Waals surface area contributed by atoms with Crippen molar-refractivity contribution in [1.82, 2.24) is 10.4 Å². The van der Waals surface area contributed by atoms with Gasteiger partial charge in [-0.2, -0.15) is 5.10 Å². The van der Waals surface area contributed by atoms with Crippen LogP contribution in [0, 0.1) is 6.92 Å². The fourth-order valence-corrected chi connectivity index (χ4v) is 4.32. The molecule has 1 amide bonds. The third-order valence-corrected chi connectivity index (χ3v) is 6.30. The lowest BCUT2D eigenvalue weighted by Gasteiger charge is -2.08. The Morgan fingerprint density at radius 1 is 1.11 bits per heavy atom. The third kappa shape index (κ3) is 6.77. The van der Waals surface area contributed by atoms with E-state index in [9.17, 15) is 4.79 Å². The zero-order valence-corrected chi connectivity index (χ0v) is 21.8. The summed E-state index contributed by atoms with van der Waals surface area (Å²) in [6, 6.07) is 21.2. The Morgan fingerprint density at radius 2 is 1.89 bits per heavy atom. The normalized spacial score (nSPS) is 10.9. The van der Waals surface area contributed by atoms with Crippen molar-refractivity contribution in [2.75, 3.05) is 11.9 Å². The Kier molecular flexibility index (Phi) is 8.28. The van der Waals surface area contributed by atoms with E-state index in [1.54, 1.807) is 18.3 Å². The number of hydrazone groups is 1. The van der Waals surface area contributed by atoms with E-state index in [4.69, 9.17) is 4.74 Å². The van der Waals surface area contributed by atoms with Crippen molar-refractivity contribution in [3.8, 4) is 17.0 Å². The monoisotopic (exact) mass is 548 g/mol. The lowest BCUT2D eigenvalue weighted by molar-refractivity contribution is 0.0955. The van der Waals surface area contributed by atoms with Gasteiger partial charge in [0.15, 0.2) is 5.13 Å². The molecule has 0 fully saturated rings. The van der Waals surface area contributed by atoms with Crippen LogP contribution in [0.3, 0.4) is 0 Å². The summed E-state index contributed by atoms with van der Waals surface area (Å²) < 4.78 is 6.65.